The van der Waals surface area contributed by atoms with E-state index in [9.17, 15) is 14.4 Å². The topological polar surface area (TPSA) is 71.4 Å². The monoisotopic (exact) mass is 274 g/mol. The Labute approximate surface area is 117 Å². The smallest absolute Gasteiger partial charge is 0.306 e. The Kier molecular flexibility index (Phi) is 4.32. The number of carboxylic acid groups (broad SMARTS) is 1. The highest BCUT2D eigenvalue weighted by molar-refractivity contribution is 6.26. The summed E-state index contributed by atoms with van der Waals surface area (Å²) in [5, 5.41) is 8.98. The first-order chi connectivity index (χ1) is 9.56. The molecule has 2 rings (SSSR count). The maximum Gasteiger partial charge on any atom is 0.306 e. The van der Waals surface area contributed by atoms with E-state index < -0.39 is 11.9 Å². The second-order valence-electron chi connectivity index (χ2n) is 5.20. The van der Waals surface area contributed by atoms with Crippen LogP contribution < -0.4 is 0 Å². The van der Waals surface area contributed by atoms with E-state index in [-0.39, 0.29) is 17.5 Å². The highest BCUT2D eigenvalue weighted by atomic mass is 16.4. The van der Waals surface area contributed by atoms with E-state index in [1.54, 1.807) is 24.3 Å². The van der Waals surface area contributed by atoms with Crippen LogP contribution in [0.1, 0.15) is 53.3 Å². The summed E-state index contributed by atoms with van der Waals surface area (Å²) in [5.41, 5.74) is 1.01. The first-order valence-corrected chi connectivity index (χ1v) is 6.96. The van der Waals surface area contributed by atoms with E-state index in [1.165, 1.54) is 0 Å². The fraction of sp³-hybridized carbons (Fsp3) is 0.438. The predicted octanol–water partition coefficient (Wildman–Crippen LogP) is 2.96. The average molecular weight is 274 g/mol. The van der Waals surface area contributed by atoms with Gasteiger partial charge in [0.25, 0.3) is 0 Å². The van der Waals surface area contributed by atoms with Crippen LogP contribution in [-0.4, -0.2) is 22.6 Å². The molecule has 0 spiro atoms. The molecule has 0 heterocycles. The number of carbonyl (C=O) groups is 3. The van der Waals surface area contributed by atoms with Gasteiger partial charge >= 0.3 is 5.97 Å². The van der Waals surface area contributed by atoms with Gasteiger partial charge in [0.05, 0.1) is 11.8 Å². The van der Waals surface area contributed by atoms with Gasteiger partial charge in [-0.15, -0.1) is 0 Å². The SMILES string of the molecule is CCC(CCCC1C(=O)c2ccccc2C1=O)C(=O)O. The van der Waals surface area contributed by atoms with Gasteiger partial charge in [-0.2, -0.15) is 0 Å². The Morgan fingerprint density at radius 1 is 1.20 bits per heavy atom. The zero-order valence-corrected chi connectivity index (χ0v) is 11.5. The Morgan fingerprint density at radius 2 is 1.75 bits per heavy atom. The van der Waals surface area contributed by atoms with Crippen molar-refractivity contribution in [3.63, 3.8) is 0 Å². The summed E-state index contributed by atoms with van der Waals surface area (Å²) in [6, 6.07) is 6.87. The van der Waals surface area contributed by atoms with Crippen LogP contribution in [0.2, 0.25) is 0 Å². The standard InChI is InChI=1S/C16H18O4/c1-2-10(16(19)20)6-5-9-13-14(17)11-7-3-4-8-12(11)15(13)18/h3-4,7-8,10,13H,2,5-6,9H2,1H3,(H,19,20). The molecule has 0 saturated carbocycles. The van der Waals surface area contributed by atoms with Gasteiger partial charge in [-0.05, 0) is 19.3 Å². The highest BCUT2D eigenvalue weighted by Gasteiger charge is 2.37. The summed E-state index contributed by atoms with van der Waals surface area (Å²) in [6.07, 6.45) is 2.11. The summed E-state index contributed by atoms with van der Waals surface area (Å²) in [5.74, 6) is -2.04. The van der Waals surface area contributed by atoms with E-state index in [2.05, 4.69) is 0 Å². The van der Waals surface area contributed by atoms with Crippen LogP contribution in [0.3, 0.4) is 0 Å². The lowest BCUT2D eigenvalue weighted by atomic mass is 9.92. The van der Waals surface area contributed by atoms with Crippen LogP contribution in [0.15, 0.2) is 24.3 Å². The number of hydrogen-bond acceptors (Lipinski definition) is 3. The summed E-state index contributed by atoms with van der Waals surface area (Å²) < 4.78 is 0. The molecular weight excluding hydrogens is 256 g/mol. The molecule has 1 unspecified atom stereocenters. The van der Waals surface area contributed by atoms with E-state index in [1.807, 2.05) is 6.92 Å². The quantitative estimate of drug-likeness (QED) is 0.809. The molecule has 1 aromatic carbocycles. The third kappa shape index (κ3) is 2.64. The summed E-state index contributed by atoms with van der Waals surface area (Å²) >= 11 is 0. The number of carboxylic acids is 1. The van der Waals surface area contributed by atoms with Gasteiger partial charge in [-0.25, -0.2) is 0 Å². The molecular formula is C16H18O4. The van der Waals surface area contributed by atoms with Gasteiger partial charge in [0.1, 0.15) is 0 Å². The van der Waals surface area contributed by atoms with E-state index in [0.717, 1.165) is 0 Å². The second kappa shape index (κ2) is 5.99. The minimum atomic E-state index is -0.806. The van der Waals surface area contributed by atoms with Crippen LogP contribution in [0.5, 0.6) is 0 Å². The minimum Gasteiger partial charge on any atom is -0.481 e. The van der Waals surface area contributed by atoms with Gasteiger partial charge in [0.15, 0.2) is 11.6 Å². The zero-order chi connectivity index (χ0) is 14.7. The van der Waals surface area contributed by atoms with Crippen molar-refractivity contribution in [1.82, 2.24) is 0 Å². The number of hydrogen-bond donors (Lipinski definition) is 1. The Morgan fingerprint density at radius 3 is 2.20 bits per heavy atom. The maximum atomic E-state index is 12.1. The number of ketones is 2. The predicted molar refractivity (Wildman–Crippen MR) is 73.9 cm³/mol. The van der Waals surface area contributed by atoms with Gasteiger partial charge in [0, 0.05) is 11.1 Å². The third-order valence-corrected chi connectivity index (χ3v) is 3.98. The van der Waals surface area contributed by atoms with Crippen LogP contribution in [-0.2, 0) is 4.79 Å². The van der Waals surface area contributed by atoms with E-state index in [0.29, 0.717) is 36.8 Å². The molecule has 0 bridgehead atoms. The largest absolute Gasteiger partial charge is 0.481 e. The summed E-state index contributed by atoms with van der Waals surface area (Å²) in [7, 11) is 0. The maximum absolute atomic E-state index is 12.1. The van der Waals surface area contributed by atoms with Crippen molar-refractivity contribution < 1.29 is 19.5 Å². The van der Waals surface area contributed by atoms with Crippen molar-refractivity contribution in [2.24, 2.45) is 11.8 Å². The molecule has 1 aliphatic rings. The Hall–Kier alpha value is -1.97. The number of carbonyl (C=O) groups excluding carboxylic acids is 2. The second-order valence-corrected chi connectivity index (χ2v) is 5.20. The van der Waals surface area contributed by atoms with E-state index in [4.69, 9.17) is 5.11 Å². The van der Waals surface area contributed by atoms with Gasteiger partial charge < -0.3 is 5.11 Å². The molecule has 4 nitrogen and oxygen atoms in total. The van der Waals surface area contributed by atoms with Crippen LogP contribution >= 0.6 is 0 Å². The van der Waals surface area contributed by atoms with Crippen molar-refractivity contribution in [3.8, 4) is 0 Å². The number of rotatable bonds is 6. The van der Waals surface area contributed by atoms with Crippen molar-refractivity contribution in [2.45, 2.75) is 32.6 Å². The molecule has 20 heavy (non-hydrogen) atoms. The fourth-order valence-electron chi connectivity index (χ4n) is 2.74. The molecule has 0 radical (unpaired) electrons. The lowest BCUT2D eigenvalue weighted by Crippen LogP contribution is -2.17. The Balaban J connectivity index is 1.98. The molecule has 1 aliphatic carbocycles. The van der Waals surface area contributed by atoms with E-state index >= 15 is 0 Å². The normalized spacial score (nSPS) is 16.2. The van der Waals surface area contributed by atoms with Crippen molar-refractivity contribution >= 4 is 17.5 Å². The molecule has 0 fully saturated rings. The first kappa shape index (κ1) is 14.4. The number of benzene rings is 1. The van der Waals surface area contributed by atoms with Gasteiger partial charge in [-0.1, -0.05) is 37.6 Å². The van der Waals surface area contributed by atoms with Gasteiger partial charge in [0.2, 0.25) is 0 Å². The molecule has 0 aliphatic heterocycles. The Bertz CT molecular complexity index is 512. The first-order valence-electron chi connectivity index (χ1n) is 6.96. The molecule has 0 saturated heterocycles. The highest BCUT2D eigenvalue weighted by Crippen LogP contribution is 2.30. The van der Waals surface area contributed by atoms with Crippen molar-refractivity contribution in [2.75, 3.05) is 0 Å². The van der Waals surface area contributed by atoms with Gasteiger partial charge in [-0.3, -0.25) is 14.4 Å². The number of Topliss-reactive ketones (excluding diaryl/α,β-unsaturated/α-hetero) is 2. The van der Waals surface area contributed by atoms with Crippen LogP contribution in [0, 0.1) is 11.8 Å². The summed E-state index contributed by atoms with van der Waals surface area (Å²) in [4.78, 5) is 35.2. The molecule has 1 atom stereocenters. The third-order valence-electron chi connectivity index (χ3n) is 3.98. The molecule has 106 valence electrons. The summed E-state index contributed by atoms with van der Waals surface area (Å²) in [6.45, 7) is 1.83. The number of fused-ring (bicyclic) bond motifs is 1. The molecule has 1 aromatic rings. The van der Waals surface area contributed by atoms with Crippen LogP contribution in [0.25, 0.3) is 0 Å². The molecule has 0 aromatic heterocycles. The molecule has 4 heteroatoms. The number of aliphatic carboxylic acids is 1. The minimum absolute atomic E-state index is 0.117. The average Bonchev–Trinajstić information content (AvgIpc) is 2.68. The fourth-order valence-corrected chi connectivity index (χ4v) is 2.74. The molecule has 1 N–H and O–H groups in total. The van der Waals surface area contributed by atoms with Crippen LogP contribution in [0.4, 0.5) is 0 Å². The van der Waals surface area contributed by atoms with Crippen molar-refractivity contribution in [3.05, 3.63) is 35.4 Å². The van der Waals surface area contributed by atoms with Crippen molar-refractivity contribution in [1.29, 1.82) is 0 Å². The zero-order valence-electron chi connectivity index (χ0n) is 11.5. The molecule has 0 amide bonds. The lowest BCUT2D eigenvalue weighted by Gasteiger charge is -2.11. The lowest BCUT2D eigenvalue weighted by molar-refractivity contribution is -0.142.